The molecular weight excluding hydrogens is 294 g/mol. The molecule has 2 amide bonds. The minimum absolute atomic E-state index is 0.103. The number of amides is 2. The maximum Gasteiger partial charge on any atom is 0.323 e. The molecule has 0 bridgehead atoms. The number of carboxylic acid groups (broad SMARTS) is 1. The Labute approximate surface area is 125 Å². The van der Waals surface area contributed by atoms with Crippen molar-refractivity contribution in [1.29, 1.82) is 0 Å². The molecule has 1 aromatic rings. The zero-order chi connectivity index (χ0) is 16.9. The van der Waals surface area contributed by atoms with Crippen LogP contribution in [0.4, 0.5) is 5.69 Å². The fourth-order valence-corrected chi connectivity index (χ4v) is 1.69. The summed E-state index contributed by atoms with van der Waals surface area (Å²) in [4.78, 5) is 45.0. The van der Waals surface area contributed by atoms with Gasteiger partial charge in [0.1, 0.15) is 6.54 Å². The summed E-state index contributed by atoms with van der Waals surface area (Å²) in [7, 11) is 1.30. The van der Waals surface area contributed by atoms with Crippen molar-refractivity contribution in [2.45, 2.75) is 6.92 Å². The van der Waals surface area contributed by atoms with Crippen molar-refractivity contribution in [3.63, 3.8) is 0 Å². The van der Waals surface area contributed by atoms with E-state index in [1.807, 2.05) is 0 Å². The summed E-state index contributed by atoms with van der Waals surface area (Å²) in [5.41, 5.74) is 0.401. The number of carbonyl (C=O) groups is 3. The van der Waals surface area contributed by atoms with E-state index in [0.717, 1.165) is 4.90 Å². The monoisotopic (exact) mass is 309 g/mol. The highest BCUT2D eigenvalue weighted by molar-refractivity contribution is 5.97. The quantitative estimate of drug-likeness (QED) is 0.569. The molecule has 22 heavy (non-hydrogen) atoms. The molecule has 9 heteroatoms. The SMILES string of the molecule is Cc1cc(C(=O)NCC(=O)N(C)CC(=O)O)ccc1[N+](=O)[O-]. The molecule has 0 heterocycles. The van der Waals surface area contributed by atoms with Gasteiger partial charge in [-0.05, 0) is 19.1 Å². The summed E-state index contributed by atoms with van der Waals surface area (Å²) < 4.78 is 0. The molecule has 1 rings (SSSR count). The fraction of sp³-hybridized carbons (Fsp3) is 0.308. The molecule has 0 fully saturated rings. The molecule has 9 nitrogen and oxygen atoms in total. The first-order valence-electron chi connectivity index (χ1n) is 6.21. The van der Waals surface area contributed by atoms with Crippen molar-refractivity contribution in [2.75, 3.05) is 20.1 Å². The topological polar surface area (TPSA) is 130 Å². The number of hydrogen-bond donors (Lipinski definition) is 2. The maximum absolute atomic E-state index is 11.9. The Morgan fingerprint density at radius 1 is 1.36 bits per heavy atom. The summed E-state index contributed by atoms with van der Waals surface area (Å²) in [5.74, 6) is -2.29. The van der Waals surface area contributed by atoms with E-state index in [1.165, 1.54) is 32.2 Å². The summed E-state index contributed by atoms with van der Waals surface area (Å²) in [5, 5.41) is 21.6. The van der Waals surface area contributed by atoms with Crippen molar-refractivity contribution in [2.24, 2.45) is 0 Å². The molecule has 0 aromatic heterocycles. The highest BCUT2D eigenvalue weighted by Crippen LogP contribution is 2.18. The molecule has 0 aliphatic heterocycles. The molecule has 2 N–H and O–H groups in total. The lowest BCUT2D eigenvalue weighted by Crippen LogP contribution is -2.40. The van der Waals surface area contributed by atoms with Crippen molar-refractivity contribution in [1.82, 2.24) is 10.2 Å². The van der Waals surface area contributed by atoms with Gasteiger partial charge in [-0.2, -0.15) is 0 Å². The number of carboxylic acids is 1. The zero-order valence-corrected chi connectivity index (χ0v) is 12.0. The maximum atomic E-state index is 11.9. The van der Waals surface area contributed by atoms with E-state index < -0.39 is 29.3 Å². The van der Waals surface area contributed by atoms with Crippen LogP contribution in [-0.2, 0) is 9.59 Å². The first kappa shape index (κ1) is 17.1. The van der Waals surface area contributed by atoms with Gasteiger partial charge in [-0.25, -0.2) is 0 Å². The second-order valence-corrected chi connectivity index (χ2v) is 4.58. The summed E-state index contributed by atoms with van der Waals surface area (Å²) in [6.07, 6.45) is 0. The lowest BCUT2D eigenvalue weighted by molar-refractivity contribution is -0.385. The molecule has 1 aromatic carbocycles. The number of nitrogens with one attached hydrogen (secondary N) is 1. The average molecular weight is 309 g/mol. The number of aliphatic carboxylic acids is 1. The van der Waals surface area contributed by atoms with Gasteiger partial charge in [-0.1, -0.05) is 0 Å². The molecule has 0 saturated heterocycles. The smallest absolute Gasteiger partial charge is 0.323 e. The lowest BCUT2D eigenvalue weighted by atomic mass is 10.1. The van der Waals surface area contributed by atoms with E-state index in [9.17, 15) is 24.5 Å². The predicted octanol–water partition coefficient (Wildman–Crippen LogP) is 0.176. The molecule has 0 unspecified atom stereocenters. The van der Waals surface area contributed by atoms with Crippen LogP contribution in [0.3, 0.4) is 0 Å². The van der Waals surface area contributed by atoms with Gasteiger partial charge in [0.05, 0.1) is 11.5 Å². The van der Waals surface area contributed by atoms with Crippen LogP contribution >= 0.6 is 0 Å². The molecular formula is C13H15N3O6. The summed E-state index contributed by atoms with van der Waals surface area (Å²) in [6.45, 7) is 0.671. The largest absolute Gasteiger partial charge is 0.480 e. The van der Waals surface area contributed by atoms with Gasteiger partial charge in [0.2, 0.25) is 5.91 Å². The number of likely N-dealkylation sites (N-methyl/N-ethyl adjacent to an activating group) is 1. The first-order chi connectivity index (χ1) is 10.2. The van der Waals surface area contributed by atoms with Crippen LogP contribution in [0, 0.1) is 17.0 Å². The van der Waals surface area contributed by atoms with Crippen molar-refractivity contribution in [3.8, 4) is 0 Å². The lowest BCUT2D eigenvalue weighted by Gasteiger charge is -2.14. The van der Waals surface area contributed by atoms with E-state index in [0.29, 0.717) is 5.56 Å². The Bertz CT molecular complexity index is 628. The first-order valence-corrected chi connectivity index (χ1v) is 6.21. The minimum atomic E-state index is -1.16. The molecule has 0 radical (unpaired) electrons. The van der Waals surface area contributed by atoms with E-state index in [2.05, 4.69) is 5.32 Å². The Morgan fingerprint density at radius 2 is 2.00 bits per heavy atom. The Morgan fingerprint density at radius 3 is 2.50 bits per heavy atom. The number of nitro groups is 1. The molecule has 0 aliphatic carbocycles. The Kier molecular flexibility index (Phi) is 5.56. The highest BCUT2D eigenvalue weighted by atomic mass is 16.6. The van der Waals surface area contributed by atoms with Crippen molar-refractivity contribution < 1.29 is 24.4 Å². The number of benzene rings is 1. The van der Waals surface area contributed by atoms with Crippen LogP contribution < -0.4 is 5.32 Å². The molecule has 0 spiro atoms. The minimum Gasteiger partial charge on any atom is -0.480 e. The van der Waals surface area contributed by atoms with Crippen LogP contribution in [0.2, 0.25) is 0 Å². The van der Waals surface area contributed by atoms with Gasteiger partial charge >= 0.3 is 5.97 Å². The Hall–Kier alpha value is -2.97. The van der Waals surface area contributed by atoms with Gasteiger partial charge in [-0.3, -0.25) is 24.5 Å². The van der Waals surface area contributed by atoms with Crippen molar-refractivity contribution >= 4 is 23.5 Å². The molecule has 118 valence electrons. The third kappa shape index (κ3) is 4.54. The highest BCUT2D eigenvalue weighted by Gasteiger charge is 2.16. The fourth-order valence-electron chi connectivity index (χ4n) is 1.69. The summed E-state index contributed by atoms with van der Waals surface area (Å²) in [6, 6.07) is 3.84. The molecule has 0 atom stereocenters. The molecule has 0 aliphatic rings. The van der Waals surface area contributed by atoms with Crippen LogP contribution in [0.1, 0.15) is 15.9 Å². The van der Waals surface area contributed by atoms with E-state index in [1.54, 1.807) is 0 Å². The van der Waals surface area contributed by atoms with E-state index >= 15 is 0 Å². The van der Waals surface area contributed by atoms with Crippen LogP contribution in [0.5, 0.6) is 0 Å². The molecule has 0 saturated carbocycles. The van der Waals surface area contributed by atoms with Gasteiger partial charge in [0.25, 0.3) is 11.6 Å². The Balaban J connectivity index is 2.66. The van der Waals surface area contributed by atoms with Gasteiger partial charge in [0, 0.05) is 24.2 Å². The van der Waals surface area contributed by atoms with Crippen LogP contribution in [0.25, 0.3) is 0 Å². The standard InChI is InChI=1S/C13H15N3O6/c1-8-5-9(3-4-10(8)16(21)22)13(20)14-6-11(17)15(2)7-12(18)19/h3-5H,6-7H2,1-2H3,(H,14,20)(H,18,19). The third-order valence-electron chi connectivity index (χ3n) is 2.85. The van der Waals surface area contributed by atoms with E-state index in [-0.39, 0.29) is 17.8 Å². The predicted molar refractivity (Wildman–Crippen MR) is 75.4 cm³/mol. The van der Waals surface area contributed by atoms with Gasteiger partial charge < -0.3 is 15.3 Å². The number of carbonyl (C=O) groups excluding carboxylic acids is 2. The number of nitro benzene ring substituents is 1. The van der Waals surface area contributed by atoms with Crippen LogP contribution in [0.15, 0.2) is 18.2 Å². The zero-order valence-electron chi connectivity index (χ0n) is 12.0. The number of hydrogen-bond acceptors (Lipinski definition) is 5. The number of nitrogens with zero attached hydrogens (tertiary/aromatic N) is 2. The third-order valence-corrected chi connectivity index (χ3v) is 2.85. The summed E-state index contributed by atoms with van der Waals surface area (Å²) >= 11 is 0. The number of rotatable bonds is 6. The normalized spacial score (nSPS) is 9.91. The van der Waals surface area contributed by atoms with Crippen LogP contribution in [-0.4, -0.2) is 52.9 Å². The second-order valence-electron chi connectivity index (χ2n) is 4.58. The van der Waals surface area contributed by atoms with Gasteiger partial charge in [-0.15, -0.1) is 0 Å². The average Bonchev–Trinajstić information content (AvgIpc) is 2.42. The van der Waals surface area contributed by atoms with E-state index in [4.69, 9.17) is 5.11 Å². The number of aryl methyl sites for hydroxylation is 1. The second kappa shape index (κ2) is 7.16. The van der Waals surface area contributed by atoms with Gasteiger partial charge in [0.15, 0.2) is 0 Å². The van der Waals surface area contributed by atoms with Crippen molar-refractivity contribution in [3.05, 3.63) is 39.4 Å².